The van der Waals surface area contributed by atoms with E-state index in [1.807, 2.05) is 0 Å². The van der Waals surface area contributed by atoms with Crippen LogP contribution in [0.15, 0.2) is 18.2 Å². The second-order valence-electron chi connectivity index (χ2n) is 4.34. The van der Waals surface area contributed by atoms with Crippen molar-refractivity contribution in [3.05, 3.63) is 29.3 Å². The summed E-state index contributed by atoms with van der Waals surface area (Å²) in [6.45, 7) is 7.20. The zero-order valence-corrected chi connectivity index (χ0v) is 10.1. The van der Waals surface area contributed by atoms with Crippen LogP contribution < -0.4 is 9.64 Å². The average Bonchev–Trinajstić information content (AvgIpc) is 2.31. The molecule has 1 saturated heterocycles. The standard InChI is InChI=1S/C13H19NO2/c1-11-9-12(3-4-13(11)15-2)10-14-5-7-16-8-6-14/h3-4,9H,5-8,10H2,1-2H3/p+1. The van der Waals surface area contributed by atoms with Gasteiger partial charge in [-0.05, 0) is 30.7 Å². The van der Waals surface area contributed by atoms with Gasteiger partial charge in [0, 0.05) is 5.56 Å². The number of morpholine rings is 1. The SMILES string of the molecule is COc1ccc(C[NH+]2CCOCC2)cc1C. The van der Waals surface area contributed by atoms with Gasteiger partial charge in [0.15, 0.2) is 0 Å². The lowest BCUT2D eigenvalue weighted by atomic mass is 10.1. The lowest BCUT2D eigenvalue weighted by Gasteiger charge is -2.24. The smallest absolute Gasteiger partial charge is 0.121 e. The molecule has 0 radical (unpaired) electrons. The number of aryl methyl sites for hydroxylation is 1. The van der Waals surface area contributed by atoms with Crippen LogP contribution in [0.5, 0.6) is 5.75 Å². The predicted octanol–water partition coefficient (Wildman–Crippen LogP) is 0.419. The summed E-state index contributed by atoms with van der Waals surface area (Å²) in [6.07, 6.45) is 0. The first kappa shape index (κ1) is 11.4. The van der Waals surface area contributed by atoms with Crippen molar-refractivity contribution in [2.24, 2.45) is 0 Å². The van der Waals surface area contributed by atoms with E-state index in [2.05, 4.69) is 25.1 Å². The van der Waals surface area contributed by atoms with E-state index in [9.17, 15) is 0 Å². The van der Waals surface area contributed by atoms with Gasteiger partial charge in [0.05, 0.1) is 20.3 Å². The summed E-state index contributed by atoms with van der Waals surface area (Å²) in [5.74, 6) is 0.973. The van der Waals surface area contributed by atoms with Crippen LogP contribution in [-0.4, -0.2) is 33.4 Å². The molecule has 88 valence electrons. The minimum Gasteiger partial charge on any atom is -0.496 e. The fourth-order valence-electron chi connectivity index (χ4n) is 2.18. The molecular formula is C13H20NO2+. The van der Waals surface area contributed by atoms with E-state index in [1.54, 1.807) is 12.0 Å². The zero-order valence-electron chi connectivity index (χ0n) is 10.1. The van der Waals surface area contributed by atoms with Gasteiger partial charge in [-0.1, -0.05) is 0 Å². The number of rotatable bonds is 3. The highest BCUT2D eigenvalue weighted by Crippen LogP contribution is 2.17. The predicted molar refractivity (Wildman–Crippen MR) is 63.0 cm³/mol. The fraction of sp³-hybridized carbons (Fsp3) is 0.538. The van der Waals surface area contributed by atoms with Gasteiger partial charge in [0.2, 0.25) is 0 Å². The molecule has 0 aliphatic carbocycles. The van der Waals surface area contributed by atoms with Crippen molar-refractivity contribution in [3.8, 4) is 5.75 Å². The molecule has 1 aliphatic rings. The average molecular weight is 222 g/mol. The summed E-state index contributed by atoms with van der Waals surface area (Å²) >= 11 is 0. The molecule has 0 bridgehead atoms. The number of ether oxygens (including phenoxy) is 2. The zero-order chi connectivity index (χ0) is 11.4. The Morgan fingerprint density at radius 3 is 2.69 bits per heavy atom. The van der Waals surface area contributed by atoms with Crippen molar-refractivity contribution in [2.75, 3.05) is 33.4 Å². The number of benzene rings is 1. The highest BCUT2D eigenvalue weighted by Gasteiger charge is 2.14. The quantitative estimate of drug-likeness (QED) is 0.801. The Balaban J connectivity index is 2.01. The van der Waals surface area contributed by atoms with Gasteiger partial charge in [-0.3, -0.25) is 0 Å². The van der Waals surface area contributed by atoms with E-state index in [0.29, 0.717) is 0 Å². The van der Waals surface area contributed by atoms with Crippen LogP contribution in [-0.2, 0) is 11.3 Å². The van der Waals surface area contributed by atoms with E-state index in [0.717, 1.165) is 38.6 Å². The lowest BCUT2D eigenvalue weighted by Crippen LogP contribution is -3.12. The summed E-state index contributed by atoms with van der Waals surface area (Å²) < 4.78 is 10.6. The van der Waals surface area contributed by atoms with Gasteiger partial charge in [-0.25, -0.2) is 0 Å². The Morgan fingerprint density at radius 2 is 2.06 bits per heavy atom. The van der Waals surface area contributed by atoms with Gasteiger partial charge in [0.1, 0.15) is 25.4 Å². The third-order valence-electron chi connectivity index (χ3n) is 3.11. The first-order valence-electron chi connectivity index (χ1n) is 5.84. The molecule has 0 spiro atoms. The van der Waals surface area contributed by atoms with E-state index in [4.69, 9.17) is 9.47 Å². The van der Waals surface area contributed by atoms with Gasteiger partial charge in [-0.15, -0.1) is 0 Å². The molecule has 1 N–H and O–H groups in total. The van der Waals surface area contributed by atoms with Crippen molar-refractivity contribution < 1.29 is 14.4 Å². The molecule has 1 heterocycles. The van der Waals surface area contributed by atoms with Gasteiger partial charge in [-0.2, -0.15) is 0 Å². The molecule has 1 fully saturated rings. The molecule has 0 amide bonds. The van der Waals surface area contributed by atoms with Crippen LogP contribution in [0.3, 0.4) is 0 Å². The highest BCUT2D eigenvalue weighted by atomic mass is 16.5. The van der Waals surface area contributed by atoms with Crippen LogP contribution in [0.25, 0.3) is 0 Å². The third-order valence-corrected chi connectivity index (χ3v) is 3.11. The Hall–Kier alpha value is -1.06. The minimum absolute atomic E-state index is 0.893. The highest BCUT2D eigenvalue weighted by molar-refractivity contribution is 5.35. The molecule has 16 heavy (non-hydrogen) atoms. The maximum Gasteiger partial charge on any atom is 0.121 e. The molecule has 0 aromatic heterocycles. The summed E-state index contributed by atoms with van der Waals surface area (Å²) in [7, 11) is 1.72. The molecule has 3 nitrogen and oxygen atoms in total. The summed E-state index contributed by atoms with van der Waals surface area (Å²) in [5, 5.41) is 0. The summed E-state index contributed by atoms with van der Waals surface area (Å²) in [6, 6.07) is 6.44. The van der Waals surface area contributed by atoms with Crippen molar-refractivity contribution in [1.82, 2.24) is 0 Å². The van der Waals surface area contributed by atoms with Gasteiger partial charge < -0.3 is 14.4 Å². The van der Waals surface area contributed by atoms with E-state index in [-0.39, 0.29) is 0 Å². The third kappa shape index (κ3) is 2.74. The molecule has 3 heteroatoms. The minimum atomic E-state index is 0.893. The largest absolute Gasteiger partial charge is 0.496 e. The molecule has 1 aliphatic heterocycles. The Bertz CT molecular complexity index is 346. The van der Waals surface area contributed by atoms with Crippen molar-refractivity contribution in [1.29, 1.82) is 0 Å². The van der Waals surface area contributed by atoms with Crippen molar-refractivity contribution in [3.63, 3.8) is 0 Å². The normalized spacial score (nSPS) is 17.4. The number of hydrogen-bond donors (Lipinski definition) is 1. The van der Waals surface area contributed by atoms with E-state index >= 15 is 0 Å². The van der Waals surface area contributed by atoms with E-state index in [1.165, 1.54) is 11.1 Å². The Kier molecular flexibility index (Phi) is 3.80. The van der Waals surface area contributed by atoms with Crippen LogP contribution >= 0.6 is 0 Å². The van der Waals surface area contributed by atoms with Crippen molar-refractivity contribution >= 4 is 0 Å². The van der Waals surface area contributed by atoms with Gasteiger partial charge in [0.25, 0.3) is 0 Å². The first-order valence-corrected chi connectivity index (χ1v) is 5.84. The second kappa shape index (κ2) is 5.32. The molecule has 0 saturated carbocycles. The topological polar surface area (TPSA) is 22.9 Å². The number of methoxy groups -OCH3 is 1. The molecule has 1 aromatic rings. The number of hydrogen-bond acceptors (Lipinski definition) is 2. The van der Waals surface area contributed by atoms with Crippen LogP contribution in [0.2, 0.25) is 0 Å². The molecule has 0 atom stereocenters. The molecule has 1 aromatic carbocycles. The molecular weight excluding hydrogens is 202 g/mol. The Morgan fingerprint density at radius 1 is 1.31 bits per heavy atom. The Labute approximate surface area is 97.0 Å². The van der Waals surface area contributed by atoms with Crippen LogP contribution in [0, 0.1) is 6.92 Å². The van der Waals surface area contributed by atoms with Gasteiger partial charge >= 0.3 is 0 Å². The van der Waals surface area contributed by atoms with Crippen molar-refractivity contribution in [2.45, 2.75) is 13.5 Å². The monoisotopic (exact) mass is 222 g/mol. The number of quaternary nitrogens is 1. The van der Waals surface area contributed by atoms with Crippen LogP contribution in [0.1, 0.15) is 11.1 Å². The number of nitrogens with one attached hydrogen (secondary N) is 1. The lowest BCUT2D eigenvalue weighted by molar-refractivity contribution is -0.921. The molecule has 0 unspecified atom stereocenters. The summed E-state index contributed by atoms with van der Waals surface area (Å²) in [4.78, 5) is 1.61. The van der Waals surface area contributed by atoms with E-state index < -0.39 is 0 Å². The second-order valence-corrected chi connectivity index (χ2v) is 4.34. The summed E-state index contributed by atoms with van der Waals surface area (Å²) in [5.41, 5.74) is 2.60. The first-order chi connectivity index (χ1) is 7.79. The maximum atomic E-state index is 5.36. The maximum absolute atomic E-state index is 5.36. The molecule has 2 rings (SSSR count). The van der Waals surface area contributed by atoms with Crippen LogP contribution in [0.4, 0.5) is 0 Å². The fourth-order valence-corrected chi connectivity index (χ4v) is 2.18.